The van der Waals surface area contributed by atoms with Crippen molar-refractivity contribution in [3.8, 4) is 5.75 Å². The number of aromatic hydroxyl groups is 1. The van der Waals surface area contributed by atoms with Crippen LogP contribution in [0.15, 0.2) is 12.3 Å². The van der Waals surface area contributed by atoms with Gasteiger partial charge in [0.2, 0.25) is 0 Å². The first-order valence-corrected chi connectivity index (χ1v) is 6.14. The maximum atomic E-state index is 12.3. The zero-order valence-electron chi connectivity index (χ0n) is 11.1. The van der Waals surface area contributed by atoms with E-state index in [9.17, 15) is 9.90 Å². The molecule has 1 fully saturated rings. The summed E-state index contributed by atoms with van der Waals surface area (Å²) < 4.78 is 0. The van der Waals surface area contributed by atoms with E-state index in [1.54, 1.807) is 11.0 Å². The van der Waals surface area contributed by atoms with Crippen LogP contribution in [0.5, 0.6) is 5.75 Å². The van der Waals surface area contributed by atoms with Crippen LogP contribution in [0.25, 0.3) is 0 Å². The van der Waals surface area contributed by atoms with Crippen molar-refractivity contribution in [1.29, 1.82) is 0 Å². The Kier molecular flexibility index (Phi) is 3.52. The first-order chi connectivity index (χ1) is 8.49. The van der Waals surface area contributed by atoms with Crippen LogP contribution < -0.4 is 0 Å². The minimum Gasteiger partial charge on any atom is -0.505 e. The van der Waals surface area contributed by atoms with E-state index in [4.69, 9.17) is 0 Å². The van der Waals surface area contributed by atoms with Crippen LogP contribution in [0.3, 0.4) is 0 Å². The van der Waals surface area contributed by atoms with Crippen LogP contribution in [0.4, 0.5) is 0 Å². The number of carbonyl (C=O) groups is 1. The highest BCUT2D eigenvalue weighted by Gasteiger charge is 2.26. The number of carbonyl (C=O) groups excluding carboxylic acids is 1. The summed E-state index contributed by atoms with van der Waals surface area (Å²) in [6.45, 7) is 6.15. The molecular formula is C13H19N3O2. The summed E-state index contributed by atoms with van der Waals surface area (Å²) in [6.07, 6.45) is 1.34. The Balaban J connectivity index is 2.19. The van der Waals surface area contributed by atoms with Gasteiger partial charge in [0, 0.05) is 31.4 Å². The van der Waals surface area contributed by atoms with Crippen LogP contribution in [-0.4, -0.2) is 58.5 Å². The molecule has 1 aromatic heterocycles. The zero-order valence-corrected chi connectivity index (χ0v) is 11.1. The zero-order chi connectivity index (χ0) is 13.3. The number of aromatic nitrogens is 1. The summed E-state index contributed by atoms with van der Waals surface area (Å²) in [5.41, 5.74) is 1.08. The first-order valence-electron chi connectivity index (χ1n) is 6.14. The van der Waals surface area contributed by atoms with Gasteiger partial charge in [0.1, 0.15) is 5.75 Å². The lowest BCUT2D eigenvalue weighted by molar-refractivity contribution is 0.0569. The molecule has 5 heteroatoms. The van der Waals surface area contributed by atoms with E-state index in [0.717, 1.165) is 12.2 Å². The van der Waals surface area contributed by atoms with Crippen LogP contribution in [-0.2, 0) is 0 Å². The molecule has 2 rings (SSSR count). The smallest absolute Gasteiger partial charge is 0.257 e. The van der Waals surface area contributed by atoms with Gasteiger partial charge in [-0.3, -0.25) is 9.78 Å². The lowest BCUT2D eigenvalue weighted by atomic mass is 10.1. The average molecular weight is 249 g/mol. The summed E-state index contributed by atoms with van der Waals surface area (Å²) in [4.78, 5) is 20.3. The number of hydrogen-bond donors (Lipinski definition) is 1. The minimum atomic E-state index is -0.113. The van der Waals surface area contributed by atoms with E-state index in [1.807, 2.05) is 6.92 Å². The number of hydrogen-bond acceptors (Lipinski definition) is 4. The van der Waals surface area contributed by atoms with Crippen molar-refractivity contribution in [3.63, 3.8) is 0 Å². The molecule has 1 atom stereocenters. The van der Waals surface area contributed by atoms with E-state index in [0.29, 0.717) is 24.7 Å². The first kappa shape index (κ1) is 12.8. The quantitative estimate of drug-likeness (QED) is 0.802. The average Bonchev–Trinajstić information content (AvgIpc) is 2.35. The molecule has 0 saturated carbocycles. The van der Waals surface area contributed by atoms with Crippen molar-refractivity contribution in [2.75, 3.05) is 26.7 Å². The van der Waals surface area contributed by atoms with Gasteiger partial charge in [-0.05, 0) is 27.0 Å². The van der Waals surface area contributed by atoms with E-state index in [-0.39, 0.29) is 11.7 Å². The Morgan fingerprint density at radius 1 is 1.50 bits per heavy atom. The topological polar surface area (TPSA) is 56.7 Å². The van der Waals surface area contributed by atoms with Crippen molar-refractivity contribution >= 4 is 5.91 Å². The third-order valence-corrected chi connectivity index (χ3v) is 3.50. The largest absolute Gasteiger partial charge is 0.505 e. The summed E-state index contributed by atoms with van der Waals surface area (Å²) in [7, 11) is 2.06. The van der Waals surface area contributed by atoms with Crippen molar-refractivity contribution in [3.05, 3.63) is 23.5 Å². The fourth-order valence-corrected chi connectivity index (χ4v) is 2.13. The Morgan fingerprint density at radius 2 is 2.22 bits per heavy atom. The maximum Gasteiger partial charge on any atom is 0.257 e. The van der Waals surface area contributed by atoms with Gasteiger partial charge in [0.15, 0.2) is 0 Å². The minimum absolute atomic E-state index is 0.0443. The fraction of sp³-hybridized carbons (Fsp3) is 0.538. The summed E-state index contributed by atoms with van der Waals surface area (Å²) in [6, 6.07) is 1.98. The number of aryl methyl sites for hydroxylation is 1. The molecule has 0 radical (unpaired) electrons. The number of amides is 1. The van der Waals surface area contributed by atoms with Crippen molar-refractivity contribution in [2.45, 2.75) is 19.9 Å². The lowest BCUT2D eigenvalue weighted by Gasteiger charge is -2.37. The second-order valence-electron chi connectivity index (χ2n) is 4.92. The fourth-order valence-electron chi connectivity index (χ4n) is 2.13. The number of rotatable bonds is 1. The second kappa shape index (κ2) is 4.94. The van der Waals surface area contributed by atoms with Gasteiger partial charge >= 0.3 is 0 Å². The van der Waals surface area contributed by atoms with Crippen molar-refractivity contribution in [1.82, 2.24) is 14.8 Å². The molecule has 18 heavy (non-hydrogen) atoms. The predicted molar refractivity (Wildman–Crippen MR) is 68.6 cm³/mol. The molecular weight excluding hydrogens is 230 g/mol. The molecule has 1 amide bonds. The molecule has 1 unspecified atom stereocenters. The van der Waals surface area contributed by atoms with E-state index in [1.165, 1.54) is 6.20 Å². The Hall–Kier alpha value is -1.62. The molecule has 0 aliphatic carbocycles. The highest BCUT2D eigenvalue weighted by molar-refractivity contribution is 5.96. The Labute approximate surface area is 107 Å². The molecule has 0 spiro atoms. The second-order valence-corrected chi connectivity index (χ2v) is 4.92. The maximum absolute atomic E-state index is 12.3. The molecule has 5 nitrogen and oxygen atoms in total. The van der Waals surface area contributed by atoms with Crippen LogP contribution >= 0.6 is 0 Å². The van der Waals surface area contributed by atoms with Gasteiger partial charge in [0.05, 0.1) is 11.8 Å². The van der Waals surface area contributed by atoms with E-state index in [2.05, 4.69) is 23.9 Å². The normalized spacial score (nSPS) is 21.1. The van der Waals surface area contributed by atoms with Gasteiger partial charge in [-0.2, -0.15) is 0 Å². The molecule has 0 bridgehead atoms. The third-order valence-electron chi connectivity index (χ3n) is 3.50. The monoisotopic (exact) mass is 249 g/mol. The van der Waals surface area contributed by atoms with E-state index >= 15 is 0 Å². The number of pyridine rings is 1. The highest BCUT2D eigenvalue weighted by atomic mass is 16.3. The van der Waals surface area contributed by atoms with Gasteiger partial charge < -0.3 is 14.9 Å². The number of likely N-dealkylation sites (N-methyl/N-ethyl adjacent to an activating group) is 1. The van der Waals surface area contributed by atoms with Crippen LogP contribution in [0.2, 0.25) is 0 Å². The Bertz CT molecular complexity index is 462. The molecule has 1 aliphatic heterocycles. The summed E-state index contributed by atoms with van der Waals surface area (Å²) in [5, 5.41) is 9.73. The molecule has 98 valence electrons. The SMILES string of the molecule is Cc1cc(C(=O)N2CCN(C)C(C)C2)c(O)cn1. The van der Waals surface area contributed by atoms with Crippen molar-refractivity contribution < 1.29 is 9.90 Å². The molecule has 2 heterocycles. The predicted octanol–water partition coefficient (Wildman–Crippen LogP) is 0.872. The summed E-state index contributed by atoms with van der Waals surface area (Å²) >= 11 is 0. The van der Waals surface area contributed by atoms with Gasteiger partial charge in [-0.15, -0.1) is 0 Å². The molecule has 1 aromatic rings. The molecule has 0 aromatic carbocycles. The molecule has 1 N–H and O–H groups in total. The summed E-state index contributed by atoms with van der Waals surface area (Å²) in [5.74, 6) is -0.157. The van der Waals surface area contributed by atoms with Gasteiger partial charge in [0.25, 0.3) is 5.91 Å². The van der Waals surface area contributed by atoms with E-state index < -0.39 is 0 Å². The third kappa shape index (κ3) is 2.46. The number of nitrogens with zero attached hydrogens (tertiary/aromatic N) is 3. The number of piperazine rings is 1. The van der Waals surface area contributed by atoms with Crippen molar-refractivity contribution in [2.24, 2.45) is 0 Å². The van der Waals surface area contributed by atoms with Crippen LogP contribution in [0.1, 0.15) is 23.0 Å². The lowest BCUT2D eigenvalue weighted by Crippen LogP contribution is -2.52. The van der Waals surface area contributed by atoms with Crippen LogP contribution in [0, 0.1) is 6.92 Å². The van der Waals surface area contributed by atoms with Gasteiger partial charge in [-0.25, -0.2) is 0 Å². The standard InChI is InChI=1S/C13H19N3O2/c1-9-6-11(12(17)7-14-9)13(18)16-5-4-15(3)10(2)8-16/h6-7,10,17H,4-5,8H2,1-3H3. The highest BCUT2D eigenvalue weighted by Crippen LogP contribution is 2.20. The molecule has 1 aliphatic rings. The van der Waals surface area contributed by atoms with Gasteiger partial charge in [-0.1, -0.05) is 0 Å². The molecule has 1 saturated heterocycles. The Morgan fingerprint density at radius 3 is 2.89 bits per heavy atom.